The zero-order chi connectivity index (χ0) is 13.1. The summed E-state index contributed by atoms with van der Waals surface area (Å²) in [6.45, 7) is 14.4. The summed E-state index contributed by atoms with van der Waals surface area (Å²) in [5.41, 5.74) is 0.515. The first kappa shape index (κ1) is 13.8. The maximum atomic E-state index is 5.48. The van der Waals surface area contributed by atoms with Crippen LogP contribution in [0.5, 0.6) is 0 Å². The lowest BCUT2D eigenvalue weighted by molar-refractivity contribution is 0.0847. The van der Waals surface area contributed by atoms with Gasteiger partial charge in [0.25, 0.3) is 0 Å². The van der Waals surface area contributed by atoms with Gasteiger partial charge < -0.3 is 19.9 Å². The van der Waals surface area contributed by atoms with Crippen LogP contribution in [0, 0.1) is 11.3 Å². The van der Waals surface area contributed by atoms with Gasteiger partial charge in [0, 0.05) is 52.4 Å². The lowest BCUT2D eigenvalue weighted by Gasteiger charge is -2.39. The molecule has 4 heteroatoms. The van der Waals surface area contributed by atoms with E-state index in [0.717, 1.165) is 19.1 Å². The van der Waals surface area contributed by atoms with Crippen LogP contribution in [0.15, 0.2) is 0 Å². The fourth-order valence-corrected chi connectivity index (χ4v) is 3.77. The molecule has 0 aromatic heterocycles. The van der Waals surface area contributed by atoms with Gasteiger partial charge in [-0.25, -0.2) is 0 Å². The highest BCUT2D eigenvalue weighted by Gasteiger charge is 2.32. The van der Waals surface area contributed by atoms with Crippen molar-refractivity contribution in [2.24, 2.45) is 11.3 Å². The number of rotatable bonds is 4. The van der Waals surface area contributed by atoms with Crippen LogP contribution >= 0.6 is 0 Å². The molecule has 0 aromatic carbocycles. The van der Waals surface area contributed by atoms with E-state index in [-0.39, 0.29) is 0 Å². The van der Waals surface area contributed by atoms with E-state index in [9.17, 15) is 0 Å². The summed E-state index contributed by atoms with van der Waals surface area (Å²) in [7, 11) is 0. The number of piperazine rings is 1. The monoisotopic (exact) mass is 267 g/mol. The van der Waals surface area contributed by atoms with E-state index in [1.54, 1.807) is 0 Å². The molecule has 19 heavy (non-hydrogen) atoms. The minimum absolute atomic E-state index is 0.515. The second kappa shape index (κ2) is 6.08. The van der Waals surface area contributed by atoms with Gasteiger partial charge in [0.15, 0.2) is 0 Å². The third-order valence-corrected chi connectivity index (χ3v) is 5.07. The molecule has 0 saturated carbocycles. The van der Waals surface area contributed by atoms with E-state index >= 15 is 0 Å². The van der Waals surface area contributed by atoms with Crippen LogP contribution in [0.1, 0.15) is 19.8 Å². The topological polar surface area (TPSA) is 27.7 Å². The van der Waals surface area contributed by atoms with Crippen molar-refractivity contribution in [1.29, 1.82) is 0 Å². The first-order valence-electron chi connectivity index (χ1n) is 7.97. The molecule has 0 spiro atoms. The third kappa shape index (κ3) is 3.69. The zero-order valence-corrected chi connectivity index (χ0v) is 12.4. The number of hydrogen-bond donors (Lipinski definition) is 1. The van der Waals surface area contributed by atoms with E-state index in [0.29, 0.717) is 5.41 Å². The highest BCUT2D eigenvalue weighted by molar-refractivity contribution is 4.88. The fraction of sp³-hybridized carbons (Fsp3) is 1.00. The number of nitrogens with one attached hydrogen (secondary N) is 1. The largest absolute Gasteiger partial charge is 0.381 e. The Labute approximate surface area is 117 Å². The minimum atomic E-state index is 0.515. The predicted molar refractivity (Wildman–Crippen MR) is 77.4 cm³/mol. The molecule has 0 aliphatic carbocycles. The Bertz CT molecular complexity index is 277. The third-order valence-electron chi connectivity index (χ3n) is 5.07. The Balaban J connectivity index is 1.39. The Morgan fingerprint density at radius 3 is 2.63 bits per heavy atom. The van der Waals surface area contributed by atoms with Crippen molar-refractivity contribution in [2.45, 2.75) is 19.8 Å². The van der Waals surface area contributed by atoms with Crippen molar-refractivity contribution in [3.8, 4) is 0 Å². The van der Waals surface area contributed by atoms with Gasteiger partial charge in [-0.1, -0.05) is 6.92 Å². The molecule has 3 aliphatic rings. The standard InChI is InChI=1S/C15H29N3O/c1-15(3-4-16-12-15)13-18-7-5-17(6-8-18)10-14-2-9-19-11-14/h14,16H,2-13H2,1H3. The van der Waals surface area contributed by atoms with Crippen molar-refractivity contribution >= 4 is 0 Å². The molecule has 0 amide bonds. The van der Waals surface area contributed by atoms with Crippen LogP contribution in [-0.4, -0.2) is 75.4 Å². The molecule has 3 rings (SSSR count). The van der Waals surface area contributed by atoms with Crippen molar-refractivity contribution in [2.75, 3.05) is 65.6 Å². The zero-order valence-electron chi connectivity index (χ0n) is 12.4. The SMILES string of the molecule is CC1(CN2CCN(CC3CCOC3)CC2)CCNC1. The van der Waals surface area contributed by atoms with Crippen LogP contribution in [0.2, 0.25) is 0 Å². The summed E-state index contributed by atoms with van der Waals surface area (Å²) in [5, 5.41) is 3.51. The van der Waals surface area contributed by atoms with Crippen LogP contribution in [0.3, 0.4) is 0 Å². The molecule has 3 heterocycles. The summed E-state index contributed by atoms with van der Waals surface area (Å²) in [5.74, 6) is 0.795. The van der Waals surface area contributed by atoms with E-state index in [2.05, 4.69) is 22.0 Å². The quantitative estimate of drug-likeness (QED) is 0.809. The molecule has 2 unspecified atom stereocenters. The van der Waals surface area contributed by atoms with Gasteiger partial charge in [0.1, 0.15) is 0 Å². The highest BCUT2D eigenvalue weighted by Crippen LogP contribution is 2.26. The van der Waals surface area contributed by atoms with Gasteiger partial charge in [-0.2, -0.15) is 0 Å². The Morgan fingerprint density at radius 1 is 1.21 bits per heavy atom. The summed E-state index contributed by atoms with van der Waals surface area (Å²) in [6, 6.07) is 0. The highest BCUT2D eigenvalue weighted by atomic mass is 16.5. The van der Waals surface area contributed by atoms with E-state index in [4.69, 9.17) is 4.74 Å². The number of nitrogens with zero attached hydrogens (tertiary/aromatic N) is 2. The lowest BCUT2D eigenvalue weighted by atomic mass is 9.89. The Kier molecular flexibility index (Phi) is 4.42. The second-order valence-corrected chi connectivity index (χ2v) is 7.04. The van der Waals surface area contributed by atoms with Crippen molar-refractivity contribution in [1.82, 2.24) is 15.1 Å². The van der Waals surface area contributed by atoms with Gasteiger partial charge in [-0.05, 0) is 30.7 Å². The average Bonchev–Trinajstić information content (AvgIpc) is 3.04. The van der Waals surface area contributed by atoms with Gasteiger partial charge in [0.05, 0.1) is 6.61 Å². The smallest absolute Gasteiger partial charge is 0.0507 e. The summed E-state index contributed by atoms with van der Waals surface area (Å²) < 4.78 is 5.48. The fourth-order valence-electron chi connectivity index (χ4n) is 3.77. The first-order chi connectivity index (χ1) is 9.23. The summed E-state index contributed by atoms with van der Waals surface area (Å²) in [6.07, 6.45) is 2.61. The molecule has 110 valence electrons. The molecular weight excluding hydrogens is 238 g/mol. The van der Waals surface area contributed by atoms with Gasteiger partial charge in [0.2, 0.25) is 0 Å². The molecule has 1 N–H and O–H groups in total. The van der Waals surface area contributed by atoms with Crippen LogP contribution in [-0.2, 0) is 4.74 Å². The molecule has 3 saturated heterocycles. The predicted octanol–water partition coefficient (Wildman–Crippen LogP) is 0.640. The molecule has 4 nitrogen and oxygen atoms in total. The molecular formula is C15H29N3O. The normalized spacial score (nSPS) is 38.1. The van der Waals surface area contributed by atoms with Crippen LogP contribution in [0.4, 0.5) is 0 Å². The van der Waals surface area contributed by atoms with E-state index in [1.165, 1.54) is 65.2 Å². The molecule has 2 atom stereocenters. The van der Waals surface area contributed by atoms with E-state index in [1.807, 2.05) is 0 Å². The van der Waals surface area contributed by atoms with Gasteiger partial charge in [-0.15, -0.1) is 0 Å². The number of ether oxygens (including phenoxy) is 1. The molecule has 0 aromatic rings. The molecule has 3 fully saturated rings. The second-order valence-electron chi connectivity index (χ2n) is 7.04. The summed E-state index contributed by atoms with van der Waals surface area (Å²) in [4.78, 5) is 5.32. The van der Waals surface area contributed by atoms with Crippen LogP contribution in [0.25, 0.3) is 0 Å². The molecule has 3 aliphatic heterocycles. The van der Waals surface area contributed by atoms with E-state index < -0.39 is 0 Å². The minimum Gasteiger partial charge on any atom is -0.381 e. The van der Waals surface area contributed by atoms with Crippen molar-refractivity contribution in [3.63, 3.8) is 0 Å². The Morgan fingerprint density at radius 2 is 2.00 bits per heavy atom. The Hall–Kier alpha value is -0.160. The molecule has 0 bridgehead atoms. The van der Waals surface area contributed by atoms with Crippen molar-refractivity contribution < 1.29 is 4.74 Å². The van der Waals surface area contributed by atoms with Gasteiger partial charge >= 0.3 is 0 Å². The summed E-state index contributed by atoms with van der Waals surface area (Å²) >= 11 is 0. The van der Waals surface area contributed by atoms with Crippen LogP contribution < -0.4 is 5.32 Å². The first-order valence-corrected chi connectivity index (χ1v) is 7.97. The number of hydrogen-bond acceptors (Lipinski definition) is 4. The lowest BCUT2D eigenvalue weighted by Crippen LogP contribution is -2.50. The average molecular weight is 267 g/mol. The van der Waals surface area contributed by atoms with Crippen molar-refractivity contribution in [3.05, 3.63) is 0 Å². The van der Waals surface area contributed by atoms with Gasteiger partial charge in [-0.3, -0.25) is 0 Å². The maximum Gasteiger partial charge on any atom is 0.0507 e. The molecule has 0 radical (unpaired) electrons. The maximum absolute atomic E-state index is 5.48.